The zero-order valence-corrected chi connectivity index (χ0v) is 11.8. The van der Waals surface area contributed by atoms with Gasteiger partial charge in [0.2, 0.25) is 6.79 Å². The summed E-state index contributed by atoms with van der Waals surface area (Å²) in [7, 11) is 0. The second kappa shape index (κ2) is 6.04. The van der Waals surface area contributed by atoms with E-state index in [1.54, 1.807) is 0 Å². The molecule has 19 heavy (non-hydrogen) atoms. The lowest BCUT2D eigenvalue weighted by atomic mass is 10.1. The van der Waals surface area contributed by atoms with Crippen LogP contribution >= 0.6 is 0 Å². The van der Waals surface area contributed by atoms with Crippen molar-refractivity contribution in [1.82, 2.24) is 0 Å². The van der Waals surface area contributed by atoms with E-state index in [0.29, 0.717) is 12.3 Å². The van der Waals surface area contributed by atoms with E-state index in [0.717, 1.165) is 11.3 Å². The summed E-state index contributed by atoms with van der Waals surface area (Å²) < 4.78 is 12.5. The molecule has 0 bridgehead atoms. The van der Waals surface area contributed by atoms with Gasteiger partial charge in [0, 0.05) is 12.1 Å². The molecule has 0 fully saturated rings. The van der Waals surface area contributed by atoms with Gasteiger partial charge in [0.1, 0.15) is 6.10 Å². The minimum atomic E-state index is -0.563. The predicted molar refractivity (Wildman–Crippen MR) is 64.2 cm³/mol. The van der Waals surface area contributed by atoms with Crippen LogP contribution in [0.15, 0.2) is 48.8 Å². The molecule has 5 heteroatoms. The van der Waals surface area contributed by atoms with Crippen LogP contribution in [0.4, 0.5) is 0 Å². The van der Waals surface area contributed by atoms with Crippen LogP contribution in [-0.2, 0) is 6.54 Å². The van der Waals surface area contributed by atoms with Gasteiger partial charge in [-0.15, -0.1) is 0 Å². The van der Waals surface area contributed by atoms with E-state index >= 15 is 0 Å². The Bertz CT molecular complexity index is 548. The van der Waals surface area contributed by atoms with Crippen LogP contribution in [0.25, 0.3) is 0 Å². The number of hydrogen-bond acceptors (Lipinski definition) is 3. The fourth-order valence-corrected chi connectivity index (χ4v) is 1.98. The summed E-state index contributed by atoms with van der Waals surface area (Å²) in [6, 6.07) is 11.3. The van der Waals surface area contributed by atoms with Crippen molar-refractivity contribution in [3.05, 3.63) is 54.4 Å². The van der Waals surface area contributed by atoms with Crippen LogP contribution < -0.4 is 31.0 Å². The van der Waals surface area contributed by atoms with Crippen molar-refractivity contribution in [1.29, 1.82) is 0 Å². The first-order valence-electron chi connectivity index (χ1n) is 5.84. The molecule has 1 aromatic carbocycles. The third-order valence-corrected chi connectivity index (χ3v) is 2.94. The molecule has 0 aliphatic carbocycles. The molecule has 1 N–H and O–H groups in total. The molecular weight excluding hydrogens is 310 g/mol. The summed E-state index contributed by atoms with van der Waals surface area (Å²) in [6.45, 7) is 0.767. The maximum Gasteiger partial charge on any atom is 0.231 e. The number of halogens is 1. The monoisotopic (exact) mass is 323 g/mol. The number of aromatic nitrogens is 1. The molecule has 1 unspecified atom stereocenters. The van der Waals surface area contributed by atoms with Gasteiger partial charge in [0.15, 0.2) is 30.4 Å². The third kappa shape index (κ3) is 3.05. The molecule has 2 aromatic rings. The fourth-order valence-electron chi connectivity index (χ4n) is 1.98. The molecule has 2 heterocycles. The Labute approximate surface area is 122 Å². The highest BCUT2D eigenvalue weighted by Crippen LogP contribution is 2.34. The van der Waals surface area contributed by atoms with Gasteiger partial charge in [0.05, 0.1) is 0 Å². The van der Waals surface area contributed by atoms with Gasteiger partial charge in [-0.2, -0.15) is 0 Å². The number of aliphatic hydroxyl groups excluding tert-OH is 1. The van der Waals surface area contributed by atoms with Crippen molar-refractivity contribution in [2.24, 2.45) is 0 Å². The lowest BCUT2D eigenvalue weighted by Gasteiger charge is -2.08. The normalized spacial score (nSPS) is 13.7. The molecule has 0 radical (unpaired) electrons. The van der Waals surface area contributed by atoms with E-state index in [2.05, 4.69) is 0 Å². The van der Waals surface area contributed by atoms with Crippen molar-refractivity contribution in [2.75, 3.05) is 6.79 Å². The molecule has 100 valence electrons. The first-order valence-corrected chi connectivity index (χ1v) is 5.84. The van der Waals surface area contributed by atoms with Gasteiger partial charge in [0.25, 0.3) is 0 Å². The first-order chi connectivity index (χ1) is 8.83. The van der Waals surface area contributed by atoms with Gasteiger partial charge in [-0.1, -0.05) is 12.1 Å². The summed E-state index contributed by atoms with van der Waals surface area (Å²) >= 11 is 0. The third-order valence-electron chi connectivity index (χ3n) is 2.94. The molecule has 1 atom stereocenters. The van der Waals surface area contributed by atoms with E-state index in [1.807, 2.05) is 53.4 Å². The molecular formula is C14H14BrNO3. The van der Waals surface area contributed by atoms with E-state index in [4.69, 9.17) is 9.47 Å². The minimum Gasteiger partial charge on any atom is -1.00 e. The molecule has 3 rings (SSSR count). The second-order valence-electron chi connectivity index (χ2n) is 4.20. The second-order valence-corrected chi connectivity index (χ2v) is 4.20. The predicted octanol–water partition coefficient (Wildman–Crippen LogP) is -1.56. The van der Waals surface area contributed by atoms with Crippen LogP contribution in [0.5, 0.6) is 11.5 Å². The summed E-state index contributed by atoms with van der Waals surface area (Å²) in [5.74, 6) is 1.43. The summed E-state index contributed by atoms with van der Waals surface area (Å²) in [6.07, 6.45) is 3.29. The largest absolute Gasteiger partial charge is 1.00 e. The highest BCUT2D eigenvalue weighted by molar-refractivity contribution is 5.44. The summed E-state index contributed by atoms with van der Waals surface area (Å²) in [4.78, 5) is 0. The zero-order chi connectivity index (χ0) is 12.4. The molecule has 1 aromatic heterocycles. The lowest BCUT2D eigenvalue weighted by molar-refractivity contribution is -0.704. The highest BCUT2D eigenvalue weighted by Gasteiger charge is 2.18. The lowest BCUT2D eigenvalue weighted by Crippen LogP contribution is -3.00. The topological polar surface area (TPSA) is 42.6 Å². The molecule has 0 saturated heterocycles. The number of nitrogens with zero attached hydrogens (tertiary/aromatic N) is 1. The number of pyridine rings is 1. The van der Waals surface area contributed by atoms with E-state index in [9.17, 15) is 5.11 Å². The number of rotatable bonds is 3. The van der Waals surface area contributed by atoms with Crippen molar-refractivity contribution in [3.63, 3.8) is 0 Å². The Morgan fingerprint density at radius 2 is 1.84 bits per heavy atom. The number of benzene rings is 1. The van der Waals surface area contributed by atoms with Crippen LogP contribution in [0, 0.1) is 0 Å². The maximum atomic E-state index is 10.2. The molecule has 4 nitrogen and oxygen atoms in total. The smallest absolute Gasteiger partial charge is 0.231 e. The standard InChI is InChI=1S/C14H14NO3.BrH/c16-12(9-15-6-2-1-3-7-15)11-4-5-13-14(8-11)18-10-17-13;/h1-8,12,16H,9-10H2;1H/q+1;/p-1. The Hall–Kier alpha value is -1.59. The van der Waals surface area contributed by atoms with Gasteiger partial charge in [-0.05, 0) is 17.7 Å². The van der Waals surface area contributed by atoms with Crippen molar-refractivity contribution >= 4 is 0 Å². The average molecular weight is 324 g/mol. The van der Waals surface area contributed by atoms with Crippen LogP contribution in [0.3, 0.4) is 0 Å². The molecule has 0 spiro atoms. The van der Waals surface area contributed by atoms with Crippen molar-refractivity contribution in [3.8, 4) is 11.5 Å². The van der Waals surface area contributed by atoms with Gasteiger partial charge >= 0.3 is 0 Å². The molecule has 0 saturated carbocycles. The van der Waals surface area contributed by atoms with Crippen LogP contribution in [0.1, 0.15) is 11.7 Å². The van der Waals surface area contributed by atoms with Crippen molar-refractivity contribution in [2.45, 2.75) is 12.6 Å². The maximum absolute atomic E-state index is 10.2. The van der Waals surface area contributed by atoms with Gasteiger partial charge < -0.3 is 31.6 Å². The average Bonchev–Trinajstić information content (AvgIpc) is 2.87. The van der Waals surface area contributed by atoms with Crippen LogP contribution in [-0.4, -0.2) is 11.9 Å². The minimum absolute atomic E-state index is 0. The molecule has 1 aliphatic rings. The number of hydrogen-bond donors (Lipinski definition) is 1. The number of fused-ring (bicyclic) bond motifs is 1. The summed E-state index contributed by atoms with van der Waals surface area (Å²) in [5, 5.41) is 10.2. The molecule has 1 aliphatic heterocycles. The molecule has 0 amide bonds. The van der Waals surface area contributed by atoms with Gasteiger partial charge in [-0.3, -0.25) is 0 Å². The Kier molecular flexibility index (Phi) is 4.39. The van der Waals surface area contributed by atoms with E-state index < -0.39 is 6.10 Å². The van der Waals surface area contributed by atoms with E-state index in [1.165, 1.54) is 0 Å². The zero-order valence-electron chi connectivity index (χ0n) is 10.2. The van der Waals surface area contributed by atoms with Crippen molar-refractivity contribution < 1.29 is 36.1 Å². The Morgan fingerprint density at radius 3 is 2.63 bits per heavy atom. The highest BCUT2D eigenvalue weighted by atomic mass is 79.9. The quantitative estimate of drug-likeness (QED) is 0.695. The SMILES string of the molecule is OC(C[n+]1ccccc1)c1ccc2c(c1)OCO2.[Br-]. The van der Waals surface area contributed by atoms with Gasteiger partial charge in [-0.25, -0.2) is 4.57 Å². The Balaban J connectivity index is 0.00000133. The Morgan fingerprint density at radius 1 is 1.11 bits per heavy atom. The summed E-state index contributed by atoms with van der Waals surface area (Å²) in [5.41, 5.74) is 0.829. The fraction of sp³-hybridized carbons (Fsp3) is 0.214. The number of ether oxygens (including phenoxy) is 2. The van der Waals surface area contributed by atoms with Crippen LogP contribution in [0.2, 0.25) is 0 Å². The first kappa shape index (κ1) is 13.8. The van der Waals surface area contributed by atoms with E-state index in [-0.39, 0.29) is 23.8 Å². The number of aliphatic hydroxyl groups is 1.